The van der Waals surface area contributed by atoms with Crippen molar-refractivity contribution in [3.8, 4) is 17.6 Å². The van der Waals surface area contributed by atoms with E-state index in [1.807, 2.05) is 19.1 Å². The first-order chi connectivity index (χ1) is 7.63. The number of anilines is 1. The van der Waals surface area contributed by atoms with Gasteiger partial charge in [0.05, 0.1) is 26.0 Å². The van der Waals surface area contributed by atoms with E-state index < -0.39 is 0 Å². The lowest BCUT2D eigenvalue weighted by molar-refractivity contribution is 0.390. The molecule has 1 unspecified atom stereocenters. The van der Waals surface area contributed by atoms with Crippen molar-refractivity contribution in [3.05, 3.63) is 17.7 Å². The van der Waals surface area contributed by atoms with Crippen LogP contribution in [-0.2, 0) is 0 Å². The van der Waals surface area contributed by atoms with Gasteiger partial charge >= 0.3 is 0 Å². The van der Waals surface area contributed by atoms with E-state index in [0.29, 0.717) is 5.75 Å². The Morgan fingerprint density at radius 3 is 2.50 bits per heavy atom. The largest absolute Gasteiger partial charge is 0.496 e. The average molecular weight is 220 g/mol. The molecular formula is C12H16N2O2. The van der Waals surface area contributed by atoms with Crippen molar-refractivity contribution in [2.75, 3.05) is 19.5 Å². The van der Waals surface area contributed by atoms with Gasteiger partial charge in [-0.2, -0.15) is 5.26 Å². The second-order valence-electron chi connectivity index (χ2n) is 3.47. The molecule has 0 bridgehead atoms. The maximum atomic E-state index is 8.75. The monoisotopic (exact) mass is 220 g/mol. The van der Waals surface area contributed by atoms with Crippen LogP contribution in [0, 0.1) is 18.3 Å². The third kappa shape index (κ3) is 2.37. The molecule has 0 saturated carbocycles. The number of nitrogens with one attached hydrogen (secondary N) is 1. The number of benzene rings is 1. The van der Waals surface area contributed by atoms with E-state index in [4.69, 9.17) is 14.7 Å². The summed E-state index contributed by atoms with van der Waals surface area (Å²) in [7, 11) is 3.22. The molecule has 4 heteroatoms. The van der Waals surface area contributed by atoms with Crippen LogP contribution in [0.1, 0.15) is 12.5 Å². The van der Waals surface area contributed by atoms with Crippen LogP contribution in [-0.4, -0.2) is 20.3 Å². The van der Waals surface area contributed by atoms with Gasteiger partial charge in [-0.25, -0.2) is 0 Å². The number of hydrogen-bond acceptors (Lipinski definition) is 4. The Morgan fingerprint density at radius 2 is 2.00 bits per heavy atom. The molecular weight excluding hydrogens is 204 g/mol. The van der Waals surface area contributed by atoms with Crippen LogP contribution in [0.25, 0.3) is 0 Å². The molecule has 0 radical (unpaired) electrons. The van der Waals surface area contributed by atoms with Gasteiger partial charge < -0.3 is 14.8 Å². The second kappa shape index (κ2) is 5.26. The van der Waals surface area contributed by atoms with Crippen LogP contribution in [0.15, 0.2) is 12.1 Å². The molecule has 0 fully saturated rings. The average Bonchev–Trinajstić information content (AvgIpc) is 2.29. The Bertz CT molecular complexity index is 410. The highest BCUT2D eigenvalue weighted by Gasteiger charge is 2.12. The van der Waals surface area contributed by atoms with Crippen LogP contribution in [0.5, 0.6) is 11.5 Å². The SMILES string of the molecule is COc1ccc(NC(C)C#N)c(OC)c1C. The normalized spacial score (nSPS) is 11.4. The summed E-state index contributed by atoms with van der Waals surface area (Å²) in [5, 5.41) is 11.8. The maximum Gasteiger partial charge on any atom is 0.148 e. The first-order valence-electron chi connectivity index (χ1n) is 5.01. The van der Waals surface area contributed by atoms with Crippen LogP contribution < -0.4 is 14.8 Å². The summed E-state index contributed by atoms with van der Waals surface area (Å²) >= 11 is 0. The number of hydrogen-bond donors (Lipinski definition) is 1. The second-order valence-corrected chi connectivity index (χ2v) is 3.47. The van der Waals surface area contributed by atoms with Gasteiger partial charge in [0.15, 0.2) is 0 Å². The van der Waals surface area contributed by atoms with E-state index in [2.05, 4.69) is 11.4 Å². The molecule has 0 aliphatic heterocycles. The number of nitrogens with zero attached hydrogens (tertiary/aromatic N) is 1. The number of nitriles is 1. The Balaban J connectivity index is 3.11. The summed E-state index contributed by atoms with van der Waals surface area (Å²) < 4.78 is 10.5. The fraction of sp³-hybridized carbons (Fsp3) is 0.417. The zero-order valence-electron chi connectivity index (χ0n) is 10.00. The molecule has 1 atom stereocenters. The molecule has 0 saturated heterocycles. The summed E-state index contributed by atoms with van der Waals surface area (Å²) in [4.78, 5) is 0. The topological polar surface area (TPSA) is 54.3 Å². The van der Waals surface area contributed by atoms with E-state index in [1.54, 1.807) is 21.1 Å². The Morgan fingerprint density at radius 1 is 1.31 bits per heavy atom. The fourth-order valence-corrected chi connectivity index (χ4v) is 1.54. The molecule has 0 aliphatic carbocycles. The summed E-state index contributed by atoms with van der Waals surface area (Å²) in [6, 6.07) is 5.55. The van der Waals surface area contributed by atoms with Gasteiger partial charge in [-0.15, -0.1) is 0 Å². The number of rotatable bonds is 4. The molecule has 0 amide bonds. The van der Waals surface area contributed by atoms with E-state index >= 15 is 0 Å². The first-order valence-corrected chi connectivity index (χ1v) is 5.01. The zero-order valence-corrected chi connectivity index (χ0v) is 10.00. The van der Waals surface area contributed by atoms with Crippen LogP contribution in [0.4, 0.5) is 5.69 Å². The van der Waals surface area contributed by atoms with Gasteiger partial charge in [-0.1, -0.05) is 0 Å². The van der Waals surface area contributed by atoms with Gasteiger partial charge in [0.25, 0.3) is 0 Å². The zero-order chi connectivity index (χ0) is 12.1. The molecule has 1 N–H and O–H groups in total. The van der Waals surface area contributed by atoms with E-state index in [9.17, 15) is 0 Å². The molecule has 4 nitrogen and oxygen atoms in total. The molecule has 0 aliphatic rings. The third-order valence-electron chi connectivity index (χ3n) is 2.35. The van der Waals surface area contributed by atoms with E-state index in [0.717, 1.165) is 17.0 Å². The lowest BCUT2D eigenvalue weighted by atomic mass is 10.1. The maximum absolute atomic E-state index is 8.75. The number of ether oxygens (including phenoxy) is 2. The minimum Gasteiger partial charge on any atom is -0.496 e. The fourth-order valence-electron chi connectivity index (χ4n) is 1.54. The highest BCUT2D eigenvalue weighted by Crippen LogP contribution is 2.35. The van der Waals surface area contributed by atoms with Crippen LogP contribution in [0.3, 0.4) is 0 Å². The van der Waals surface area contributed by atoms with Crippen molar-refractivity contribution in [1.82, 2.24) is 0 Å². The smallest absolute Gasteiger partial charge is 0.148 e. The van der Waals surface area contributed by atoms with Gasteiger partial charge in [-0.05, 0) is 26.0 Å². The van der Waals surface area contributed by atoms with Crippen molar-refractivity contribution >= 4 is 5.69 Å². The van der Waals surface area contributed by atoms with E-state index in [-0.39, 0.29) is 6.04 Å². The highest BCUT2D eigenvalue weighted by molar-refractivity contribution is 5.64. The summed E-state index contributed by atoms with van der Waals surface area (Å²) in [5.41, 5.74) is 1.72. The van der Waals surface area contributed by atoms with E-state index in [1.165, 1.54) is 0 Å². The minimum atomic E-state index is -0.262. The molecule has 0 aromatic heterocycles. The standard InChI is InChI=1S/C12H16N2O2/c1-8(7-13)14-10-5-6-11(15-3)9(2)12(10)16-4/h5-6,8,14H,1-4H3. The molecule has 0 spiro atoms. The highest BCUT2D eigenvalue weighted by atomic mass is 16.5. The van der Waals surface area contributed by atoms with Crippen molar-refractivity contribution in [1.29, 1.82) is 5.26 Å². The van der Waals surface area contributed by atoms with Gasteiger partial charge in [-0.3, -0.25) is 0 Å². The molecule has 1 aromatic carbocycles. The molecule has 1 rings (SSSR count). The molecule has 1 aromatic rings. The summed E-state index contributed by atoms with van der Waals surface area (Å²) in [6.45, 7) is 3.71. The minimum absolute atomic E-state index is 0.262. The first kappa shape index (κ1) is 12.2. The quantitative estimate of drug-likeness (QED) is 0.846. The van der Waals surface area contributed by atoms with Crippen molar-refractivity contribution in [2.24, 2.45) is 0 Å². The molecule has 0 heterocycles. The predicted octanol–water partition coefficient (Wildman–Crippen LogP) is 2.34. The van der Waals surface area contributed by atoms with Crippen molar-refractivity contribution in [2.45, 2.75) is 19.9 Å². The predicted molar refractivity (Wildman–Crippen MR) is 63.0 cm³/mol. The Labute approximate surface area is 95.8 Å². The summed E-state index contributed by atoms with van der Waals surface area (Å²) in [5.74, 6) is 1.48. The molecule has 86 valence electrons. The lowest BCUT2D eigenvalue weighted by Crippen LogP contribution is -2.13. The van der Waals surface area contributed by atoms with Gasteiger partial charge in [0.2, 0.25) is 0 Å². The third-order valence-corrected chi connectivity index (χ3v) is 2.35. The van der Waals surface area contributed by atoms with Crippen molar-refractivity contribution < 1.29 is 9.47 Å². The van der Waals surface area contributed by atoms with Crippen LogP contribution >= 0.6 is 0 Å². The summed E-state index contributed by atoms with van der Waals surface area (Å²) in [6.07, 6.45) is 0. The number of methoxy groups -OCH3 is 2. The van der Waals surface area contributed by atoms with Crippen LogP contribution in [0.2, 0.25) is 0 Å². The van der Waals surface area contributed by atoms with Gasteiger partial charge in [0.1, 0.15) is 17.5 Å². The van der Waals surface area contributed by atoms with Gasteiger partial charge in [0, 0.05) is 5.56 Å². The molecule has 16 heavy (non-hydrogen) atoms. The Kier molecular flexibility index (Phi) is 4.01. The lowest BCUT2D eigenvalue weighted by Gasteiger charge is -2.16. The van der Waals surface area contributed by atoms with Crippen molar-refractivity contribution in [3.63, 3.8) is 0 Å². The Hall–Kier alpha value is -1.89.